The number of nitrogens with two attached hydrogens (primary N) is 1. The van der Waals surface area contributed by atoms with Crippen LogP contribution in [0.2, 0.25) is 0 Å². The molecule has 0 fully saturated rings. The number of anilines is 1. The van der Waals surface area contributed by atoms with Crippen LogP contribution in [0.15, 0.2) is 36.5 Å². The van der Waals surface area contributed by atoms with E-state index in [1.165, 1.54) is 0 Å². The molecule has 0 bridgehead atoms. The quantitative estimate of drug-likeness (QED) is 0.720. The third kappa shape index (κ3) is 1.87. The van der Waals surface area contributed by atoms with Crippen LogP contribution in [-0.2, 0) is 0 Å². The van der Waals surface area contributed by atoms with E-state index in [4.69, 9.17) is 5.73 Å². The molecule has 0 saturated carbocycles. The number of rotatable bonds is 1. The number of aromatic nitrogens is 1. The molecule has 0 saturated heterocycles. The topological polar surface area (TPSA) is 59.2 Å². The van der Waals surface area contributed by atoms with Gasteiger partial charge < -0.3 is 5.73 Å². The summed E-state index contributed by atoms with van der Waals surface area (Å²) in [4.78, 5) is 14.9. The van der Waals surface area contributed by atoms with E-state index in [0.717, 1.165) is 15.1 Å². The first-order chi connectivity index (χ1) is 7.18. The lowest BCUT2D eigenvalue weighted by atomic mass is 10.2. The minimum absolute atomic E-state index is 0.421. The summed E-state index contributed by atoms with van der Waals surface area (Å²) in [7, 11) is 0. The third-order valence-corrected chi connectivity index (χ3v) is 2.44. The summed E-state index contributed by atoms with van der Waals surface area (Å²) in [6.45, 7) is 0. The molecule has 2 amide bonds. The van der Waals surface area contributed by atoms with Crippen molar-refractivity contribution in [3.05, 3.63) is 36.5 Å². The smallest absolute Gasteiger partial charge is 0.330 e. The molecule has 0 aliphatic heterocycles. The number of hydrogen-bond donors (Lipinski definition) is 2. The molecule has 2 N–H and O–H groups in total. The minimum atomic E-state index is -0.652. The van der Waals surface area contributed by atoms with Crippen molar-refractivity contribution in [3.63, 3.8) is 0 Å². The van der Waals surface area contributed by atoms with Gasteiger partial charge in [0.2, 0.25) is 0 Å². The molecule has 76 valence electrons. The van der Waals surface area contributed by atoms with E-state index in [2.05, 4.69) is 17.8 Å². The van der Waals surface area contributed by atoms with Gasteiger partial charge in [-0.2, -0.15) is 0 Å². The largest absolute Gasteiger partial charge is 0.350 e. The number of carbonyl (C=O) groups is 1. The molecule has 0 aliphatic rings. The van der Waals surface area contributed by atoms with Crippen LogP contribution in [0, 0.1) is 0 Å². The maximum absolute atomic E-state index is 10.9. The van der Waals surface area contributed by atoms with Crippen molar-refractivity contribution in [1.82, 2.24) is 4.98 Å². The molecular formula is C10H9N3OS. The number of primary amides is 1. The Hall–Kier alpha value is -1.75. The fraction of sp³-hybridized carbons (Fsp3) is 0. The van der Waals surface area contributed by atoms with Crippen molar-refractivity contribution in [3.8, 4) is 0 Å². The molecule has 5 heteroatoms. The van der Waals surface area contributed by atoms with Crippen molar-refractivity contribution in [1.29, 1.82) is 0 Å². The second-order valence-corrected chi connectivity index (χ2v) is 3.44. The minimum Gasteiger partial charge on any atom is -0.350 e. The van der Waals surface area contributed by atoms with Crippen molar-refractivity contribution in [2.45, 2.75) is 0 Å². The van der Waals surface area contributed by atoms with Crippen molar-refractivity contribution in [2.24, 2.45) is 5.73 Å². The SMILES string of the molecule is NC(=O)N(S)c1cc2ccccc2cn1. The number of pyridine rings is 1. The highest BCUT2D eigenvalue weighted by molar-refractivity contribution is 7.82. The molecule has 15 heavy (non-hydrogen) atoms. The lowest BCUT2D eigenvalue weighted by Gasteiger charge is -2.11. The van der Waals surface area contributed by atoms with Gasteiger partial charge in [0.05, 0.1) is 0 Å². The standard InChI is InChI=1S/C10H9N3OS/c11-10(14)13(15)9-5-7-3-1-2-4-8(7)6-12-9/h1-6,15H,(H2,11,14). The maximum atomic E-state index is 10.9. The Morgan fingerprint density at radius 1 is 1.33 bits per heavy atom. The first-order valence-electron chi connectivity index (χ1n) is 4.32. The van der Waals surface area contributed by atoms with Crippen LogP contribution in [0.25, 0.3) is 10.8 Å². The normalized spacial score (nSPS) is 10.2. The van der Waals surface area contributed by atoms with Crippen LogP contribution in [-0.4, -0.2) is 11.0 Å². The van der Waals surface area contributed by atoms with Gasteiger partial charge in [-0.15, -0.1) is 0 Å². The van der Waals surface area contributed by atoms with Gasteiger partial charge in [0.1, 0.15) is 5.82 Å². The summed E-state index contributed by atoms with van der Waals surface area (Å²) in [5.41, 5.74) is 5.08. The molecule has 0 unspecified atom stereocenters. The highest BCUT2D eigenvalue weighted by Gasteiger charge is 2.08. The zero-order chi connectivity index (χ0) is 10.8. The monoisotopic (exact) mass is 219 g/mol. The Kier molecular flexibility index (Phi) is 2.47. The fourth-order valence-corrected chi connectivity index (χ4v) is 1.41. The van der Waals surface area contributed by atoms with E-state index in [9.17, 15) is 4.79 Å². The van der Waals surface area contributed by atoms with Crippen LogP contribution < -0.4 is 10.0 Å². The number of amides is 2. The number of nitrogens with zero attached hydrogens (tertiary/aromatic N) is 2. The number of urea groups is 1. The van der Waals surface area contributed by atoms with E-state index >= 15 is 0 Å². The van der Waals surface area contributed by atoms with Gasteiger partial charge >= 0.3 is 6.03 Å². The third-order valence-electron chi connectivity index (χ3n) is 2.04. The molecule has 1 heterocycles. The second kappa shape index (κ2) is 3.78. The molecular weight excluding hydrogens is 210 g/mol. The van der Waals surface area contributed by atoms with E-state index in [-0.39, 0.29) is 0 Å². The highest BCUT2D eigenvalue weighted by atomic mass is 32.1. The van der Waals surface area contributed by atoms with E-state index in [1.54, 1.807) is 12.3 Å². The maximum Gasteiger partial charge on any atom is 0.330 e. The van der Waals surface area contributed by atoms with E-state index < -0.39 is 6.03 Å². The molecule has 2 rings (SSSR count). The van der Waals surface area contributed by atoms with Gasteiger partial charge in [0, 0.05) is 11.6 Å². The van der Waals surface area contributed by atoms with Crippen molar-refractivity contribution in [2.75, 3.05) is 4.31 Å². The summed E-state index contributed by atoms with van der Waals surface area (Å²) in [5, 5.41) is 2.00. The lowest BCUT2D eigenvalue weighted by molar-refractivity contribution is 0.257. The Morgan fingerprint density at radius 2 is 2.00 bits per heavy atom. The lowest BCUT2D eigenvalue weighted by Crippen LogP contribution is -2.27. The summed E-state index contributed by atoms with van der Waals surface area (Å²) in [6.07, 6.45) is 1.68. The molecule has 2 aromatic rings. The number of carbonyl (C=O) groups excluding carboxylic acids is 1. The first-order valence-corrected chi connectivity index (χ1v) is 4.72. The van der Waals surface area contributed by atoms with Gasteiger partial charge in [-0.3, -0.25) is 0 Å². The van der Waals surface area contributed by atoms with Crippen LogP contribution in [0.4, 0.5) is 10.6 Å². The second-order valence-electron chi connectivity index (χ2n) is 3.04. The highest BCUT2D eigenvalue weighted by Crippen LogP contribution is 2.19. The predicted octanol–water partition coefficient (Wildman–Crippen LogP) is 1.96. The Balaban J connectivity index is 2.51. The summed E-state index contributed by atoms with van der Waals surface area (Å²) >= 11 is 3.94. The zero-order valence-corrected chi connectivity index (χ0v) is 8.69. The average molecular weight is 219 g/mol. The predicted molar refractivity (Wildman–Crippen MR) is 62.8 cm³/mol. The average Bonchev–Trinajstić information content (AvgIpc) is 2.27. The van der Waals surface area contributed by atoms with Gasteiger partial charge in [0.25, 0.3) is 0 Å². The molecule has 0 atom stereocenters. The summed E-state index contributed by atoms with van der Waals surface area (Å²) in [6, 6.07) is 8.83. The Morgan fingerprint density at radius 3 is 2.67 bits per heavy atom. The molecule has 0 aliphatic carbocycles. The molecule has 1 aromatic carbocycles. The van der Waals surface area contributed by atoms with Gasteiger partial charge in [-0.25, -0.2) is 14.1 Å². The molecule has 0 radical (unpaired) electrons. The van der Waals surface area contributed by atoms with E-state index in [1.807, 2.05) is 24.3 Å². The molecule has 1 aromatic heterocycles. The van der Waals surface area contributed by atoms with Crippen LogP contribution in [0.1, 0.15) is 0 Å². The van der Waals surface area contributed by atoms with Gasteiger partial charge in [-0.05, 0) is 11.5 Å². The zero-order valence-electron chi connectivity index (χ0n) is 7.79. The van der Waals surface area contributed by atoms with E-state index in [0.29, 0.717) is 5.82 Å². The Bertz CT molecular complexity index is 515. The van der Waals surface area contributed by atoms with Crippen LogP contribution in [0.5, 0.6) is 0 Å². The first kappa shape index (κ1) is 9.79. The van der Waals surface area contributed by atoms with Gasteiger partial charge in [-0.1, -0.05) is 37.1 Å². The summed E-state index contributed by atoms with van der Waals surface area (Å²) < 4.78 is 1.01. The van der Waals surface area contributed by atoms with Crippen LogP contribution >= 0.6 is 12.8 Å². The summed E-state index contributed by atoms with van der Waals surface area (Å²) in [5.74, 6) is 0.421. The number of hydrogen-bond acceptors (Lipinski definition) is 3. The fourth-order valence-electron chi connectivity index (χ4n) is 1.30. The van der Waals surface area contributed by atoms with Gasteiger partial charge in [0.15, 0.2) is 0 Å². The number of fused-ring (bicyclic) bond motifs is 1. The van der Waals surface area contributed by atoms with Crippen molar-refractivity contribution >= 4 is 35.4 Å². The number of thiol groups is 1. The van der Waals surface area contributed by atoms with Crippen LogP contribution in [0.3, 0.4) is 0 Å². The number of benzene rings is 1. The van der Waals surface area contributed by atoms with Crippen molar-refractivity contribution < 1.29 is 4.79 Å². The Labute approximate surface area is 92.2 Å². The molecule has 0 spiro atoms. The molecule has 4 nitrogen and oxygen atoms in total.